The molecule has 0 saturated heterocycles. The summed E-state index contributed by atoms with van der Waals surface area (Å²) in [6.07, 6.45) is -1.83. The predicted molar refractivity (Wildman–Crippen MR) is 40.6 cm³/mol. The first-order chi connectivity index (χ1) is 5.91. The number of nitrogens with two attached hydrogens (primary N) is 1. The Morgan fingerprint density at radius 2 is 2.08 bits per heavy atom. The van der Waals surface area contributed by atoms with Crippen molar-refractivity contribution >= 4 is 10.0 Å². The van der Waals surface area contributed by atoms with Crippen LogP contribution in [0.3, 0.4) is 0 Å². The van der Waals surface area contributed by atoms with E-state index in [1.54, 1.807) is 0 Å². The number of pyridine rings is 1. The zero-order chi connectivity index (χ0) is 10.1. The maximum Gasteiger partial charge on any atom is 0.280 e. The molecule has 72 valence electrons. The van der Waals surface area contributed by atoms with Gasteiger partial charge in [0.05, 0.1) is 4.90 Å². The number of primary sulfonamides is 1. The van der Waals surface area contributed by atoms with Gasteiger partial charge in [-0.25, -0.2) is 22.3 Å². The molecule has 1 rings (SSSR count). The highest BCUT2D eigenvalue weighted by Gasteiger charge is 2.13. The molecule has 0 aromatic carbocycles. The van der Waals surface area contributed by atoms with Crippen LogP contribution >= 0.6 is 0 Å². The van der Waals surface area contributed by atoms with Crippen LogP contribution in [0, 0.1) is 0 Å². The van der Waals surface area contributed by atoms with Gasteiger partial charge in [0.1, 0.15) is 5.69 Å². The van der Waals surface area contributed by atoms with Crippen molar-refractivity contribution in [2.24, 2.45) is 5.14 Å². The first-order valence-corrected chi connectivity index (χ1v) is 4.73. The van der Waals surface area contributed by atoms with Crippen molar-refractivity contribution in [1.29, 1.82) is 0 Å². The van der Waals surface area contributed by atoms with Crippen LogP contribution in [0.15, 0.2) is 23.2 Å². The fraction of sp³-hybridized carbons (Fsp3) is 0.167. The summed E-state index contributed by atoms with van der Waals surface area (Å²) in [6.45, 7) is 0. The van der Waals surface area contributed by atoms with Crippen molar-refractivity contribution in [3.8, 4) is 0 Å². The van der Waals surface area contributed by atoms with Gasteiger partial charge in [-0.15, -0.1) is 0 Å². The van der Waals surface area contributed by atoms with Gasteiger partial charge in [0, 0.05) is 6.20 Å². The first kappa shape index (κ1) is 10.0. The third kappa shape index (κ3) is 2.43. The summed E-state index contributed by atoms with van der Waals surface area (Å²) in [7, 11) is -3.93. The molecule has 0 saturated carbocycles. The highest BCUT2D eigenvalue weighted by atomic mass is 32.2. The minimum atomic E-state index is -3.93. The molecule has 0 aliphatic rings. The monoisotopic (exact) mass is 208 g/mol. The molecule has 0 aliphatic carbocycles. The van der Waals surface area contributed by atoms with Crippen molar-refractivity contribution < 1.29 is 17.2 Å². The summed E-state index contributed by atoms with van der Waals surface area (Å²) >= 11 is 0. The highest BCUT2D eigenvalue weighted by Crippen LogP contribution is 2.18. The molecule has 0 unspecified atom stereocenters. The van der Waals surface area contributed by atoms with E-state index in [-0.39, 0.29) is 4.90 Å². The second-order valence-corrected chi connectivity index (χ2v) is 3.82. The summed E-state index contributed by atoms with van der Waals surface area (Å²) in [5.74, 6) is 0. The Kier molecular flexibility index (Phi) is 2.58. The van der Waals surface area contributed by atoms with Crippen molar-refractivity contribution in [1.82, 2.24) is 4.98 Å². The summed E-state index contributed by atoms with van der Waals surface area (Å²) in [5, 5.41) is 4.73. The number of rotatable bonds is 2. The molecular formula is C6H6F2N2O2S. The molecule has 0 bridgehead atoms. The smallest absolute Gasteiger partial charge is 0.255 e. The molecule has 0 fully saturated rings. The second kappa shape index (κ2) is 3.35. The Hall–Kier alpha value is -1.08. The Bertz CT molecular complexity index is 405. The molecule has 0 aliphatic heterocycles. The van der Waals surface area contributed by atoms with Gasteiger partial charge in [-0.2, -0.15) is 0 Å². The Labute approximate surface area is 73.4 Å². The van der Waals surface area contributed by atoms with Crippen LogP contribution in [-0.2, 0) is 10.0 Å². The average molecular weight is 208 g/mol. The fourth-order valence-corrected chi connectivity index (χ4v) is 1.26. The van der Waals surface area contributed by atoms with Crippen molar-refractivity contribution in [2.45, 2.75) is 11.3 Å². The molecule has 0 radical (unpaired) electrons. The van der Waals surface area contributed by atoms with Gasteiger partial charge in [0.15, 0.2) is 0 Å². The zero-order valence-electron chi connectivity index (χ0n) is 6.31. The van der Waals surface area contributed by atoms with Crippen molar-refractivity contribution in [2.75, 3.05) is 0 Å². The lowest BCUT2D eigenvalue weighted by Gasteiger charge is -2.00. The number of hydrogen-bond acceptors (Lipinski definition) is 3. The predicted octanol–water partition coefficient (Wildman–Crippen LogP) is 0.667. The molecule has 4 nitrogen and oxygen atoms in total. The van der Waals surface area contributed by atoms with Gasteiger partial charge in [-0.05, 0) is 12.1 Å². The summed E-state index contributed by atoms with van der Waals surface area (Å²) in [5.41, 5.74) is -0.605. The van der Waals surface area contributed by atoms with E-state index in [1.807, 2.05) is 0 Å². The van der Waals surface area contributed by atoms with Crippen LogP contribution in [-0.4, -0.2) is 13.4 Å². The number of nitrogens with zero attached hydrogens (tertiary/aromatic N) is 1. The number of halogens is 2. The lowest BCUT2D eigenvalue weighted by molar-refractivity contribution is 0.146. The van der Waals surface area contributed by atoms with E-state index in [9.17, 15) is 17.2 Å². The van der Waals surface area contributed by atoms with E-state index in [0.29, 0.717) is 0 Å². The zero-order valence-corrected chi connectivity index (χ0v) is 7.13. The Balaban J connectivity index is 3.21. The largest absolute Gasteiger partial charge is 0.280 e. The Morgan fingerprint density at radius 3 is 2.54 bits per heavy atom. The number of hydrogen-bond donors (Lipinski definition) is 1. The van der Waals surface area contributed by atoms with Crippen LogP contribution < -0.4 is 5.14 Å². The summed E-state index contributed by atoms with van der Waals surface area (Å²) in [4.78, 5) is 2.92. The maximum absolute atomic E-state index is 12.0. The molecule has 1 aromatic rings. The molecule has 0 amide bonds. The van der Waals surface area contributed by atoms with Gasteiger partial charge in [-0.3, -0.25) is 4.98 Å². The number of aromatic nitrogens is 1. The van der Waals surface area contributed by atoms with E-state index < -0.39 is 22.1 Å². The summed E-state index contributed by atoms with van der Waals surface area (Å²) in [6, 6.07) is 1.81. The van der Waals surface area contributed by atoms with E-state index in [1.165, 1.54) is 0 Å². The van der Waals surface area contributed by atoms with Gasteiger partial charge < -0.3 is 0 Å². The number of alkyl halides is 2. The van der Waals surface area contributed by atoms with Crippen molar-refractivity contribution in [3.05, 3.63) is 24.0 Å². The van der Waals surface area contributed by atoms with Crippen LogP contribution in [0.2, 0.25) is 0 Å². The molecule has 13 heavy (non-hydrogen) atoms. The van der Waals surface area contributed by atoms with Gasteiger partial charge in [-0.1, -0.05) is 0 Å². The minimum Gasteiger partial charge on any atom is -0.255 e. The van der Waals surface area contributed by atoms with Crippen LogP contribution in [0.5, 0.6) is 0 Å². The number of sulfonamides is 1. The van der Waals surface area contributed by atoms with E-state index in [4.69, 9.17) is 5.14 Å². The molecule has 7 heteroatoms. The van der Waals surface area contributed by atoms with Gasteiger partial charge >= 0.3 is 0 Å². The van der Waals surface area contributed by atoms with E-state index in [2.05, 4.69) is 4.98 Å². The third-order valence-corrected chi connectivity index (χ3v) is 2.22. The lowest BCUT2D eigenvalue weighted by atomic mass is 10.4. The minimum absolute atomic E-state index is 0.363. The quantitative estimate of drug-likeness (QED) is 0.776. The van der Waals surface area contributed by atoms with Crippen LogP contribution in [0.4, 0.5) is 8.78 Å². The van der Waals surface area contributed by atoms with Crippen LogP contribution in [0.1, 0.15) is 12.1 Å². The first-order valence-electron chi connectivity index (χ1n) is 3.18. The van der Waals surface area contributed by atoms with Gasteiger partial charge in [0.2, 0.25) is 10.0 Å². The molecule has 0 atom stereocenters. The normalized spacial score (nSPS) is 12.0. The fourth-order valence-electron chi connectivity index (χ4n) is 0.724. The average Bonchev–Trinajstić information content (AvgIpc) is 2.03. The Morgan fingerprint density at radius 1 is 1.46 bits per heavy atom. The third-order valence-electron chi connectivity index (χ3n) is 1.30. The van der Waals surface area contributed by atoms with E-state index >= 15 is 0 Å². The molecule has 2 N–H and O–H groups in total. The van der Waals surface area contributed by atoms with E-state index in [0.717, 1.165) is 18.3 Å². The molecule has 1 aromatic heterocycles. The maximum atomic E-state index is 12.0. The van der Waals surface area contributed by atoms with Crippen molar-refractivity contribution in [3.63, 3.8) is 0 Å². The topological polar surface area (TPSA) is 73.1 Å². The van der Waals surface area contributed by atoms with Gasteiger partial charge in [0.25, 0.3) is 6.43 Å². The molecule has 0 spiro atoms. The molecular weight excluding hydrogens is 202 g/mol. The highest BCUT2D eigenvalue weighted by molar-refractivity contribution is 7.89. The molecule has 1 heterocycles. The SMILES string of the molecule is NS(=O)(=O)c1ccnc(C(F)F)c1. The standard InChI is InChI=1S/C6H6F2N2O2S/c7-6(8)5-3-4(1-2-10-5)13(9,11)12/h1-3,6H,(H2,9,11,12). The van der Waals surface area contributed by atoms with Crippen LogP contribution in [0.25, 0.3) is 0 Å². The second-order valence-electron chi connectivity index (χ2n) is 2.26. The lowest BCUT2D eigenvalue weighted by Crippen LogP contribution is -2.12. The summed E-state index contributed by atoms with van der Waals surface area (Å²) < 4.78 is 45.5.